The Hall–Kier alpha value is -2.35. The average molecular weight is 477 g/mol. The summed E-state index contributed by atoms with van der Waals surface area (Å²) >= 11 is 2.20. The number of carbonyl (C=O) groups excluding carboxylic acids is 1. The maximum absolute atomic E-state index is 12.2. The first-order valence-electron chi connectivity index (χ1n) is 8.81. The molecule has 1 aliphatic rings. The van der Waals surface area contributed by atoms with Crippen molar-refractivity contribution in [3.63, 3.8) is 0 Å². The van der Waals surface area contributed by atoms with Gasteiger partial charge >= 0.3 is 5.97 Å². The van der Waals surface area contributed by atoms with Gasteiger partial charge in [0.2, 0.25) is 5.91 Å². The SMILES string of the molecule is O=C(O)/C(=C/c1ccc(Oc2ccccc2I)cc1)NC(=O)C1CCCC1. The summed E-state index contributed by atoms with van der Waals surface area (Å²) in [4.78, 5) is 23.7. The molecule has 6 heteroatoms. The van der Waals surface area contributed by atoms with Gasteiger partial charge in [-0.2, -0.15) is 0 Å². The maximum atomic E-state index is 12.2. The molecular weight excluding hydrogens is 457 g/mol. The van der Waals surface area contributed by atoms with Crippen molar-refractivity contribution in [1.29, 1.82) is 0 Å². The van der Waals surface area contributed by atoms with Gasteiger partial charge in [0.15, 0.2) is 0 Å². The third kappa shape index (κ3) is 5.32. The minimum Gasteiger partial charge on any atom is -0.477 e. The lowest BCUT2D eigenvalue weighted by Crippen LogP contribution is -2.31. The molecule has 3 rings (SSSR count). The quantitative estimate of drug-likeness (QED) is 0.463. The molecular formula is C21H20INO4. The summed E-state index contributed by atoms with van der Waals surface area (Å²) in [6.45, 7) is 0. The molecule has 0 unspecified atom stereocenters. The van der Waals surface area contributed by atoms with E-state index >= 15 is 0 Å². The van der Waals surface area contributed by atoms with Crippen LogP contribution < -0.4 is 10.1 Å². The minimum absolute atomic E-state index is 0.0862. The van der Waals surface area contributed by atoms with Crippen LogP contribution in [0.5, 0.6) is 11.5 Å². The van der Waals surface area contributed by atoms with E-state index < -0.39 is 5.97 Å². The predicted octanol–water partition coefficient (Wildman–Crippen LogP) is 4.82. The lowest BCUT2D eigenvalue weighted by Gasteiger charge is -2.11. The van der Waals surface area contributed by atoms with Crippen molar-refractivity contribution in [1.82, 2.24) is 5.32 Å². The predicted molar refractivity (Wildman–Crippen MR) is 111 cm³/mol. The van der Waals surface area contributed by atoms with E-state index in [2.05, 4.69) is 27.9 Å². The Morgan fingerprint density at radius 2 is 1.74 bits per heavy atom. The van der Waals surface area contributed by atoms with Crippen LogP contribution >= 0.6 is 22.6 Å². The maximum Gasteiger partial charge on any atom is 0.352 e. The summed E-state index contributed by atoms with van der Waals surface area (Å²) in [6, 6.07) is 14.7. The number of ether oxygens (including phenoxy) is 1. The molecule has 0 bridgehead atoms. The van der Waals surface area contributed by atoms with Gasteiger partial charge in [0.25, 0.3) is 0 Å². The van der Waals surface area contributed by atoms with Crippen LogP contribution in [-0.2, 0) is 9.59 Å². The van der Waals surface area contributed by atoms with Crippen LogP contribution in [0.25, 0.3) is 6.08 Å². The summed E-state index contributed by atoms with van der Waals surface area (Å²) in [7, 11) is 0. The molecule has 1 fully saturated rings. The van der Waals surface area contributed by atoms with Crippen molar-refractivity contribution in [2.24, 2.45) is 5.92 Å². The number of aliphatic carboxylic acids is 1. The molecule has 2 N–H and O–H groups in total. The number of carbonyl (C=O) groups is 2. The Morgan fingerprint density at radius 3 is 2.37 bits per heavy atom. The van der Waals surface area contributed by atoms with Crippen LogP contribution in [0, 0.1) is 9.49 Å². The van der Waals surface area contributed by atoms with Crippen LogP contribution in [-0.4, -0.2) is 17.0 Å². The largest absolute Gasteiger partial charge is 0.477 e. The van der Waals surface area contributed by atoms with E-state index in [1.165, 1.54) is 6.08 Å². The number of hydrogen-bond donors (Lipinski definition) is 2. The Morgan fingerprint density at radius 1 is 1.07 bits per heavy atom. The van der Waals surface area contributed by atoms with Crippen molar-refractivity contribution in [3.05, 3.63) is 63.4 Å². The molecule has 140 valence electrons. The fraction of sp³-hybridized carbons (Fsp3) is 0.238. The molecule has 0 heterocycles. The third-order valence-electron chi connectivity index (χ3n) is 4.47. The van der Waals surface area contributed by atoms with Gasteiger partial charge in [-0.15, -0.1) is 0 Å². The smallest absolute Gasteiger partial charge is 0.352 e. The molecule has 2 aromatic carbocycles. The van der Waals surface area contributed by atoms with Gasteiger partial charge in [0.05, 0.1) is 3.57 Å². The number of carboxylic acids is 1. The van der Waals surface area contributed by atoms with Gasteiger partial charge in [-0.3, -0.25) is 4.79 Å². The second-order valence-electron chi connectivity index (χ2n) is 6.44. The Balaban J connectivity index is 1.71. The standard InChI is InChI=1S/C21H20INO4/c22-17-7-3-4-8-19(17)27-16-11-9-14(10-12-16)13-18(21(25)26)23-20(24)15-5-1-2-6-15/h3-4,7-13,15H,1-2,5-6H2,(H,23,24)(H,25,26)/b18-13-. The van der Waals surface area contributed by atoms with E-state index in [1.807, 2.05) is 24.3 Å². The highest BCUT2D eigenvalue weighted by Gasteiger charge is 2.24. The molecule has 2 aromatic rings. The summed E-state index contributed by atoms with van der Waals surface area (Å²) in [6.07, 6.45) is 5.15. The van der Waals surface area contributed by atoms with Crippen molar-refractivity contribution in [3.8, 4) is 11.5 Å². The first kappa shape index (κ1) is 19.4. The minimum atomic E-state index is -1.15. The van der Waals surface area contributed by atoms with Gasteiger partial charge in [-0.05, 0) is 71.3 Å². The van der Waals surface area contributed by atoms with Crippen molar-refractivity contribution in [2.75, 3.05) is 0 Å². The lowest BCUT2D eigenvalue weighted by molar-refractivity contribution is -0.135. The zero-order valence-electron chi connectivity index (χ0n) is 14.7. The molecule has 5 nitrogen and oxygen atoms in total. The molecule has 27 heavy (non-hydrogen) atoms. The van der Waals surface area contributed by atoms with Gasteiger partial charge in [-0.25, -0.2) is 4.79 Å². The van der Waals surface area contributed by atoms with Crippen molar-refractivity contribution < 1.29 is 19.4 Å². The molecule has 1 saturated carbocycles. The number of hydrogen-bond acceptors (Lipinski definition) is 3. The molecule has 1 aliphatic carbocycles. The second-order valence-corrected chi connectivity index (χ2v) is 7.60. The number of benzene rings is 2. The Bertz CT molecular complexity index is 855. The van der Waals surface area contributed by atoms with Gasteiger partial charge < -0.3 is 15.2 Å². The topological polar surface area (TPSA) is 75.6 Å². The fourth-order valence-corrected chi connectivity index (χ4v) is 3.52. The third-order valence-corrected chi connectivity index (χ3v) is 5.36. The zero-order chi connectivity index (χ0) is 19.2. The summed E-state index contributed by atoms with van der Waals surface area (Å²) in [5, 5.41) is 12.0. The number of halogens is 1. The fourth-order valence-electron chi connectivity index (χ4n) is 3.03. The van der Waals surface area contributed by atoms with Crippen molar-refractivity contribution >= 4 is 40.5 Å². The lowest BCUT2D eigenvalue weighted by atomic mass is 10.1. The molecule has 0 saturated heterocycles. The second kappa shape index (κ2) is 9.03. The van der Waals surface area contributed by atoms with Crippen LogP contribution in [0.2, 0.25) is 0 Å². The number of nitrogens with one attached hydrogen (secondary N) is 1. The van der Waals surface area contributed by atoms with Crippen LogP contribution in [0.4, 0.5) is 0 Å². The van der Waals surface area contributed by atoms with Gasteiger partial charge in [0, 0.05) is 5.92 Å². The monoisotopic (exact) mass is 477 g/mol. The Labute approximate surface area is 171 Å². The Kier molecular flexibility index (Phi) is 6.49. The average Bonchev–Trinajstić information content (AvgIpc) is 3.19. The highest BCUT2D eigenvalue weighted by molar-refractivity contribution is 14.1. The number of amides is 1. The van der Waals surface area contributed by atoms with Crippen LogP contribution in [0.3, 0.4) is 0 Å². The van der Waals surface area contributed by atoms with E-state index in [1.54, 1.807) is 24.3 Å². The van der Waals surface area contributed by atoms with Crippen LogP contribution in [0.1, 0.15) is 31.2 Å². The summed E-state index contributed by atoms with van der Waals surface area (Å²) in [5.41, 5.74) is 0.562. The number of rotatable bonds is 6. The molecule has 0 aliphatic heterocycles. The molecule has 1 amide bonds. The van der Waals surface area contributed by atoms with E-state index in [-0.39, 0.29) is 17.5 Å². The normalized spacial score (nSPS) is 14.8. The number of para-hydroxylation sites is 1. The van der Waals surface area contributed by atoms with Crippen molar-refractivity contribution in [2.45, 2.75) is 25.7 Å². The van der Waals surface area contributed by atoms with Gasteiger partial charge in [0.1, 0.15) is 17.2 Å². The molecule has 0 spiro atoms. The summed E-state index contributed by atoms with van der Waals surface area (Å²) < 4.78 is 6.84. The molecule has 0 atom stereocenters. The van der Waals surface area contributed by atoms with E-state index in [0.717, 1.165) is 35.0 Å². The first-order chi connectivity index (χ1) is 13.0. The summed E-state index contributed by atoms with van der Waals surface area (Å²) in [5.74, 6) is -0.0308. The highest BCUT2D eigenvalue weighted by atomic mass is 127. The first-order valence-corrected chi connectivity index (χ1v) is 9.89. The highest BCUT2D eigenvalue weighted by Crippen LogP contribution is 2.27. The van der Waals surface area contributed by atoms with E-state index in [9.17, 15) is 14.7 Å². The molecule has 0 aromatic heterocycles. The molecule has 0 radical (unpaired) electrons. The zero-order valence-corrected chi connectivity index (χ0v) is 16.8. The number of carboxylic acid groups (broad SMARTS) is 1. The van der Waals surface area contributed by atoms with E-state index in [0.29, 0.717) is 11.3 Å². The van der Waals surface area contributed by atoms with Gasteiger partial charge in [-0.1, -0.05) is 37.1 Å². The van der Waals surface area contributed by atoms with E-state index in [4.69, 9.17) is 4.74 Å². The van der Waals surface area contributed by atoms with Crippen LogP contribution in [0.15, 0.2) is 54.2 Å².